The van der Waals surface area contributed by atoms with E-state index in [0.717, 1.165) is 23.8 Å². The van der Waals surface area contributed by atoms with Crippen LogP contribution in [0, 0.1) is 0 Å². The summed E-state index contributed by atoms with van der Waals surface area (Å²) in [7, 11) is -1.78. The number of hydrogen-bond acceptors (Lipinski definition) is 0. The molecular weight excluding hydrogens is 361 g/mol. The van der Waals surface area contributed by atoms with Gasteiger partial charge in [-0.1, -0.05) is 40.2 Å². The fraction of sp³-hybridized carbons (Fsp3) is 0.500. The highest BCUT2D eigenvalue weighted by Gasteiger charge is 2.50. The van der Waals surface area contributed by atoms with Gasteiger partial charge in [-0.3, -0.25) is 0 Å². The van der Waals surface area contributed by atoms with Crippen molar-refractivity contribution in [1.82, 2.24) is 0 Å². The first-order chi connectivity index (χ1) is 9.14. The summed E-state index contributed by atoms with van der Waals surface area (Å²) in [4.78, 5) is 0.494. The summed E-state index contributed by atoms with van der Waals surface area (Å²) < 4.78 is 41.0. The average molecular weight is 381 g/mol. The van der Waals surface area contributed by atoms with E-state index in [2.05, 4.69) is 0 Å². The molecule has 0 saturated carbocycles. The van der Waals surface area contributed by atoms with Crippen LogP contribution >= 0.6 is 10.5 Å². The van der Waals surface area contributed by atoms with Crippen molar-refractivity contribution in [3.8, 4) is 0 Å². The van der Waals surface area contributed by atoms with Crippen molar-refractivity contribution in [3.05, 3.63) is 34.7 Å². The Morgan fingerprint density at radius 2 is 1.67 bits per heavy atom. The van der Waals surface area contributed by atoms with Gasteiger partial charge in [0.25, 0.3) is 0 Å². The maximum Gasteiger partial charge on any atom is 0.600 e. The Morgan fingerprint density at radius 3 is 2.14 bits per heavy atom. The highest BCUT2D eigenvalue weighted by atomic mass is 79.9. The van der Waals surface area contributed by atoms with Crippen LogP contribution < -0.4 is 17.0 Å². The summed E-state index contributed by atoms with van der Waals surface area (Å²) in [6, 6.07) is 7.28. The zero-order valence-electron chi connectivity index (χ0n) is 12.6. The fourth-order valence-electron chi connectivity index (χ4n) is 2.41. The zero-order valence-corrected chi connectivity index (χ0v) is 15.0. The first kappa shape index (κ1) is 18.5. The van der Waals surface area contributed by atoms with Gasteiger partial charge in [0.05, 0.1) is 10.5 Å². The zero-order chi connectivity index (χ0) is 15.1. The molecule has 0 nitrogen and oxygen atoms in total. The van der Waals surface area contributed by atoms with Gasteiger partial charge in [-0.05, 0) is 18.1 Å². The lowest BCUT2D eigenvalue weighted by atomic mass is 9.94. The van der Waals surface area contributed by atoms with E-state index in [1.165, 1.54) is 0 Å². The largest absolute Gasteiger partial charge is 1.00 e. The van der Waals surface area contributed by atoms with Crippen molar-refractivity contribution in [2.24, 2.45) is 0 Å². The predicted molar refractivity (Wildman–Crippen MR) is 80.4 cm³/mol. The average Bonchev–Trinajstić information content (AvgIpc) is 2.67. The third-order valence-corrected chi connectivity index (χ3v) is 5.74. The van der Waals surface area contributed by atoms with Gasteiger partial charge in [-0.25, -0.2) is 0 Å². The predicted octanol–water partition coefficient (Wildman–Crippen LogP) is 3.32. The third-order valence-electron chi connectivity index (χ3n) is 3.31. The van der Waals surface area contributed by atoms with E-state index in [0.29, 0.717) is 9.58 Å². The van der Waals surface area contributed by atoms with Crippen LogP contribution in [0.2, 0.25) is 0 Å². The molecular formula is C16H20BrF3S. The quantitative estimate of drug-likeness (QED) is 0.701. The van der Waals surface area contributed by atoms with Crippen LogP contribution in [0.5, 0.6) is 0 Å². The molecule has 2 aromatic rings. The van der Waals surface area contributed by atoms with E-state index < -0.39 is 21.4 Å². The van der Waals surface area contributed by atoms with Crippen molar-refractivity contribution in [2.75, 3.05) is 0 Å². The monoisotopic (exact) mass is 380 g/mol. The van der Waals surface area contributed by atoms with Crippen molar-refractivity contribution >= 4 is 20.6 Å². The molecule has 1 unspecified atom stereocenters. The molecule has 5 heteroatoms. The van der Waals surface area contributed by atoms with E-state index in [9.17, 15) is 13.2 Å². The maximum absolute atomic E-state index is 13.5. The Balaban J connectivity index is 0.00000220. The Bertz CT molecular complexity index is 621. The van der Waals surface area contributed by atoms with Crippen LogP contribution in [0.3, 0.4) is 0 Å². The third kappa shape index (κ3) is 3.81. The highest BCUT2D eigenvalue weighted by molar-refractivity contribution is 7.38. The minimum absolute atomic E-state index is 0. The summed E-state index contributed by atoms with van der Waals surface area (Å²) in [5.41, 5.74) is -3.67. The van der Waals surface area contributed by atoms with Crippen LogP contribution in [-0.2, 0) is 17.3 Å². The Labute approximate surface area is 137 Å². The number of thiophene rings is 1. The first-order valence-electron chi connectivity index (χ1n) is 6.81. The first-order valence-corrected chi connectivity index (χ1v) is 8.03. The molecule has 0 aliphatic rings. The Kier molecular flexibility index (Phi) is 5.54. The van der Waals surface area contributed by atoms with Crippen molar-refractivity contribution in [3.63, 3.8) is 0 Å². The van der Waals surface area contributed by atoms with Crippen molar-refractivity contribution < 1.29 is 30.2 Å². The lowest BCUT2D eigenvalue weighted by Crippen LogP contribution is -3.00. The second-order valence-corrected chi connectivity index (χ2v) is 8.09. The topological polar surface area (TPSA) is 0 Å². The van der Waals surface area contributed by atoms with Gasteiger partial charge >= 0.3 is 5.51 Å². The van der Waals surface area contributed by atoms with Crippen LogP contribution in [0.1, 0.15) is 44.6 Å². The molecule has 1 aromatic carbocycles. The molecule has 1 aromatic heterocycles. The maximum atomic E-state index is 13.5. The molecule has 0 fully saturated rings. The number of fused-ring (bicyclic) bond motifs is 1. The van der Waals surface area contributed by atoms with Gasteiger partial charge in [0.2, 0.25) is 0 Å². The van der Waals surface area contributed by atoms with E-state index in [1.807, 2.05) is 39.8 Å². The fourth-order valence-corrected chi connectivity index (χ4v) is 4.63. The molecule has 118 valence electrons. The molecule has 21 heavy (non-hydrogen) atoms. The Hall–Kier alpha value is -0.550. The number of benzene rings is 1. The molecule has 0 radical (unpaired) electrons. The van der Waals surface area contributed by atoms with E-state index in [4.69, 9.17) is 0 Å². The minimum Gasteiger partial charge on any atom is -1.00 e. The summed E-state index contributed by atoms with van der Waals surface area (Å²) in [6.45, 7) is 7.59. The van der Waals surface area contributed by atoms with Gasteiger partial charge < -0.3 is 17.0 Å². The lowest BCUT2D eigenvalue weighted by molar-refractivity contribution is -0.0869. The highest BCUT2D eigenvalue weighted by Crippen LogP contribution is 2.54. The molecule has 0 bridgehead atoms. The molecule has 0 aliphatic carbocycles. The molecule has 2 rings (SSSR count). The summed E-state index contributed by atoms with van der Waals surface area (Å²) in [6.07, 6.45) is 1.77. The Morgan fingerprint density at radius 1 is 1.05 bits per heavy atom. The van der Waals surface area contributed by atoms with E-state index >= 15 is 0 Å². The number of rotatable bonds is 2. The normalized spacial score (nSPS) is 13.4. The van der Waals surface area contributed by atoms with E-state index in [-0.39, 0.29) is 17.0 Å². The van der Waals surface area contributed by atoms with Crippen LogP contribution in [-0.4, -0.2) is 0 Å². The summed E-state index contributed by atoms with van der Waals surface area (Å²) in [5.74, 6) is 0. The van der Waals surface area contributed by atoms with Gasteiger partial charge in [-0.2, -0.15) is 0 Å². The minimum atomic E-state index is -4.20. The summed E-state index contributed by atoms with van der Waals surface area (Å²) >= 11 is 0. The van der Waals surface area contributed by atoms with Crippen LogP contribution in [0.15, 0.2) is 24.3 Å². The van der Waals surface area contributed by atoms with Gasteiger partial charge in [0.15, 0.2) is 9.58 Å². The van der Waals surface area contributed by atoms with Crippen LogP contribution in [0.4, 0.5) is 13.2 Å². The van der Waals surface area contributed by atoms with Gasteiger partial charge in [0, 0.05) is 22.9 Å². The van der Waals surface area contributed by atoms with Crippen molar-refractivity contribution in [1.29, 1.82) is 0 Å². The van der Waals surface area contributed by atoms with Crippen LogP contribution in [0.25, 0.3) is 10.1 Å². The number of alkyl halides is 3. The lowest BCUT2D eigenvalue weighted by Gasteiger charge is -2.13. The molecule has 1 atom stereocenters. The second kappa shape index (κ2) is 6.29. The molecule has 0 amide bonds. The summed E-state index contributed by atoms with van der Waals surface area (Å²) in [5, 5.41) is 0.732. The number of aryl methyl sites for hydroxylation is 1. The molecule has 0 spiro atoms. The van der Waals surface area contributed by atoms with Crippen molar-refractivity contribution in [2.45, 2.75) is 51.5 Å². The van der Waals surface area contributed by atoms with Gasteiger partial charge in [0.1, 0.15) is 0 Å². The molecule has 0 N–H and O–H groups in total. The second-order valence-electron chi connectivity index (χ2n) is 6.13. The standard InChI is InChI=1S/C16H20F3S.BrH/c1-5-6-11-7-8-12-10-14(15(2,3)4)20(13(12)9-11)16(17,18)19;/h7-10H,5-6H2,1-4H3;1H/q+1;/p-1. The van der Waals surface area contributed by atoms with Gasteiger partial charge in [-0.15, -0.1) is 13.2 Å². The van der Waals surface area contributed by atoms with E-state index in [1.54, 1.807) is 12.1 Å². The molecule has 0 aliphatic heterocycles. The molecule has 0 saturated heterocycles. The SMILES string of the molecule is CCCc1ccc2cc(C(C)(C)C)[s+](C(F)(F)F)c2c1.[Br-]. The smallest absolute Gasteiger partial charge is 0.600 e. The number of hydrogen-bond donors (Lipinski definition) is 0. The number of halogens is 4. The molecule has 1 heterocycles.